The summed E-state index contributed by atoms with van der Waals surface area (Å²) >= 11 is 0. The van der Waals surface area contributed by atoms with Crippen molar-refractivity contribution in [2.75, 3.05) is 47.9 Å². The molecule has 1 aliphatic rings. The number of aromatic nitrogens is 2. The lowest BCUT2D eigenvalue weighted by atomic mass is 10.1. The molecule has 146 valence electrons. The molecule has 3 heterocycles. The molecule has 1 aromatic carbocycles. The first-order chi connectivity index (χ1) is 13.6. The van der Waals surface area contributed by atoms with Crippen molar-refractivity contribution < 1.29 is 9.18 Å². The minimum absolute atomic E-state index is 0.266. The van der Waals surface area contributed by atoms with Gasteiger partial charge in [0.1, 0.15) is 24.0 Å². The highest BCUT2D eigenvalue weighted by Crippen LogP contribution is 2.30. The number of hydrogen-bond acceptors (Lipinski definition) is 5. The SMILES string of the molecule is CCN(C)c1cccnc1N1CCN(c2cc3cc(F)ccc3[nH]2)C(C=O)C1. The molecule has 28 heavy (non-hydrogen) atoms. The van der Waals surface area contributed by atoms with Crippen molar-refractivity contribution in [3.05, 3.63) is 48.4 Å². The lowest BCUT2D eigenvalue weighted by Crippen LogP contribution is -2.54. The van der Waals surface area contributed by atoms with Crippen molar-refractivity contribution >= 4 is 34.5 Å². The van der Waals surface area contributed by atoms with E-state index in [0.717, 1.165) is 47.6 Å². The highest BCUT2D eigenvalue weighted by atomic mass is 19.1. The number of nitrogens with one attached hydrogen (secondary N) is 1. The van der Waals surface area contributed by atoms with Crippen molar-refractivity contribution in [1.29, 1.82) is 0 Å². The topological polar surface area (TPSA) is 55.5 Å². The number of piperazine rings is 1. The Labute approximate surface area is 163 Å². The lowest BCUT2D eigenvalue weighted by Gasteiger charge is -2.41. The fourth-order valence-electron chi connectivity index (χ4n) is 3.76. The molecule has 4 rings (SSSR count). The molecule has 1 aliphatic heterocycles. The zero-order valence-electron chi connectivity index (χ0n) is 16.1. The summed E-state index contributed by atoms with van der Waals surface area (Å²) in [6.07, 6.45) is 2.77. The monoisotopic (exact) mass is 381 g/mol. The van der Waals surface area contributed by atoms with E-state index in [1.807, 2.05) is 24.1 Å². The molecule has 0 radical (unpaired) electrons. The average molecular weight is 381 g/mol. The van der Waals surface area contributed by atoms with Gasteiger partial charge in [0, 0.05) is 50.3 Å². The third-order valence-corrected chi connectivity index (χ3v) is 5.40. The number of aldehydes is 1. The van der Waals surface area contributed by atoms with Gasteiger partial charge in [0.2, 0.25) is 0 Å². The second-order valence-corrected chi connectivity index (χ2v) is 7.09. The summed E-state index contributed by atoms with van der Waals surface area (Å²) in [6.45, 7) is 4.94. The van der Waals surface area contributed by atoms with Crippen LogP contribution in [0, 0.1) is 5.82 Å². The van der Waals surface area contributed by atoms with Crippen LogP contribution in [-0.4, -0.2) is 55.5 Å². The van der Waals surface area contributed by atoms with Crippen LogP contribution >= 0.6 is 0 Å². The predicted octanol–water partition coefficient (Wildman–Crippen LogP) is 3.05. The van der Waals surface area contributed by atoms with Gasteiger partial charge in [-0.25, -0.2) is 9.37 Å². The van der Waals surface area contributed by atoms with Crippen LogP contribution in [-0.2, 0) is 4.79 Å². The first kappa shape index (κ1) is 18.3. The smallest absolute Gasteiger partial charge is 0.152 e. The summed E-state index contributed by atoms with van der Waals surface area (Å²) in [5.74, 6) is 1.47. The number of halogens is 1. The van der Waals surface area contributed by atoms with Crippen LogP contribution in [0.2, 0.25) is 0 Å². The maximum atomic E-state index is 13.5. The van der Waals surface area contributed by atoms with E-state index in [9.17, 15) is 9.18 Å². The van der Waals surface area contributed by atoms with Gasteiger partial charge in [0.15, 0.2) is 5.82 Å². The molecule has 0 amide bonds. The molecule has 6 nitrogen and oxygen atoms in total. The number of pyridine rings is 1. The summed E-state index contributed by atoms with van der Waals surface area (Å²) in [7, 11) is 2.04. The Kier molecular flexibility index (Phi) is 4.90. The number of carbonyl (C=O) groups excluding carboxylic acids is 1. The minimum Gasteiger partial charge on any atom is -0.372 e. The average Bonchev–Trinajstić information content (AvgIpc) is 3.15. The van der Waals surface area contributed by atoms with Gasteiger partial charge < -0.3 is 24.5 Å². The summed E-state index contributed by atoms with van der Waals surface area (Å²) in [4.78, 5) is 26.1. The van der Waals surface area contributed by atoms with E-state index >= 15 is 0 Å². The largest absolute Gasteiger partial charge is 0.372 e. The number of hydrogen-bond donors (Lipinski definition) is 1. The van der Waals surface area contributed by atoms with Crippen molar-refractivity contribution in [2.24, 2.45) is 0 Å². The molecule has 0 aliphatic carbocycles. The molecule has 1 unspecified atom stereocenters. The Bertz CT molecular complexity index is 988. The quantitative estimate of drug-likeness (QED) is 0.689. The van der Waals surface area contributed by atoms with Gasteiger partial charge >= 0.3 is 0 Å². The molecule has 1 saturated heterocycles. The van der Waals surface area contributed by atoms with Crippen LogP contribution in [0.3, 0.4) is 0 Å². The number of rotatable bonds is 5. The number of anilines is 3. The second-order valence-electron chi connectivity index (χ2n) is 7.09. The van der Waals surface area contributed by atoms with E-state index in [-0.39, 0.29) is 11.9 Å². The maximum absolute atomic E-state index is 13.5. The van der Waals surface area contributed by atoms with Crippen molar-refractivity contribution in [3.8, 4) is 0 Å². The Balaban J connectivity index is 1.60. The predicted molar refractivity (Wildman–Crippen MR) is 111 cm³/mol. The zero-order valence-corrected chi connectivity index (χ0v) is 16.1. The van der Waals surface area contributed by atoms with Crippen molar-refractivity contribution in [1.82, 2.24) is 9.97 Å². The van der Waals surface area contributed by atoms with Gasteiger partial charge in [-0.1, -0.05) is 0 Å². The number of carbonyl (C=O) groups is 1. The van der Waals surface area contributed by atoms with Gasteiger partial charge in [0.25, 0.3) is 0 Å². The highest BCUT2D eigenvalue weighted by molar-refractivity contribution is 5.85. The first-order valence-electron chi connectivity index (χ1n) is 9.52. The molecule has 1 atom stereocenters. The third-order valence-electron chi connectivity index (χ3n) is 5.40. The number of nitrogens with zero attached hydrogens (tertiary/aromatic N) is 4. The van der Waals surface area contributed by atoms with Gasteiger partial charge in [-0.05, 0) is 43.3 Å². The Morgan fingerprint density at radius 1 is 1.32 bits per heavy atom. The second kappa shape index (κ2) is 7.50. The molecule has 3 aromatic rings. The summed E-state index contributed by atoms with van der Waals surface area (Å²) in [5.41, 5.74) is 1.92. The lowest BCUT2D eigenvalue weighted by molar-refractivity contribution is -0.109. The van der Waals surface area contributed by atoms with Gasteiger partial charge in [-0.2, -0.15) is 0 Å². The van der Waals surface area contributed by atoms with Crippen LogP contribution < -0.4 is 14.7 Å². The van der Waals surface area contributed by atoms with Gasteiger partial charge in [-0.15, -0.1) is 0 Å². The summed E-state index contributed by atoms with van der Waals surface area (Å²) < 4.78 is 13.5. The molecule has 0 spiro atoms. The molecule has 2 aromatic heterocycles. The van der Waals surface area contributed by atoms with Crippen LogP contribution in [0.5, 0.6) is 0 Å². The fourth-order valence-corrected chi connectivity index (χ4v) is 3.76. The molecular weight excluding hydrogens is 357 g/mol. The van der Waals surface area contributed by atoms with E-state index in [0.29, 0.717) is 13.1 Å². The minimum atomic E-state index is -0.312. The number of H-pyrrole nitrogens is 1. The van der Waals surface area contributed by atoms with E-state index in [2.05, 4.69) is 32.8 Å². The number of benzene rings is 1. The van der Waals surface area contributed by atoms with Crippen LogP contribution in [0.1, 0.15) is 6.92 Å². The number of aromatic amines is 1. The normalized spacial score (nSPS) is 17.2. The fraction of sp³-hybridized carbons (Fsp3) is 0.333. The molecule has 1 fully saturated rings. The van der Waals surface area contributed by atoms with Crippen LogP contribution in [0.15, 0.2) is 42.6 Å². The maximum Gasteiger partial charge on any atom is 0.152 e. The Morgan fingerprint density at radius 3 is 2.96 bits per heavy atom. The van der Waals surface area contributed by atoms with E-state index in [4.69, 9.17) is 0 Å². The van der Waals surface area contributed by atoms with Gasteiger partial charge in [0.05, 0.1) is 5.69 Å². The standard InChI is InChI=1S/C21H24FN5O/c1-3-25(2)19-5-4-8-23-21(19)26-9-10-27(17(13-26)14-28)20-12-15-11-16(22)6-7-18(15)24-20/h4-8,11-12,14,17,24H,3,9-10,13H2,1-2H3. The van der Waals surface area contributed by atoms with Crippen LogP contribution in [0.4, 0.5) is 21.7 Å². The van der Waals surface area contributed by atoms with Crippen LogP contribution in [0.25, 0.3) is 10.9 Å². The molecule has 0 bridgehead atoms. The van der Waals surface area contributed by atoms with E-state index in [1.165, 1.54) is 12.1 Å². The van der Waals surface area contributed by atoms with Crippen molar-refractivity contribution in [2.45, 2.75) is 13.0 Å². The van der Waals surface area contributed by atoms with E-state index < -0.39 is 0 Å². The summed E-state index contributed by atoms with van der Waals surface area (Å²) in [5, 5.41) is 0.804. The first-order valence-corrected chi connectivity index (χ1v) is 9.52. The van der Waals surface area contributed by atoms with E-state index in [1.54, 1.807) is 12.3 Å². The van der Waals surface area contributed by atoms with Crippen molar-refractivity contribution in [3.63, 3.8) is 0 Å². The number of fused-ring (bicyclic) bond motifs is 1. The highest BCUT2D eigenvalue weighted by Gasteiger charge is 2.30. The third kappa shape index (κ3) is 3.28. The molecule has 7 heteroatoms. The summed E-state index contributed by atoms with van der Waals surface area (Å²) in [6, 6.07) is 10.2. The Hall–Kier alpha value is -3.09. The molecule has 0 saturated carbocycles. The zero-order chi connectivity index (χ0) is 19.7. The molecule has 1 N–H and O–H groups in total. The molecular formula is C21H24FN5O. The Morgan fingerprint density at radius 2 is 2.18 bits per heavy atom. The van der Waals surface area contributed by atoms with Gasteiger partial charge in [-0.3, -0.25) is 0 Å².